The van der Waals surface area contributed by atoms with Gasteiger partial charge in [-0.2, -0.15) is 0 Å². The quantitative estimate of drug-likeness (QED) is 0.757. The van der Waals surface area contributed by atoms with E-state index in [1.165, 1.54) is 0 Å². The van der Waals surface area contributed by atoms with Crippen LogP contribution in [0.3, 0.4) is 0 Å². The molecule has 1 aromatic carbocycles. The molecule has 0 aliphatic heterocycles. The van der Waals surface area contributed by atoms with Crippen molar-refractivity contribution in [1.29, 1.82) is 0 Å². The summed E-state index contributed by atoms with van der Waals surface area (Å²) in [5.74, 6) is 0. The second-order valence-corrected chi connectivity index (χ2v) is 5.60. The Morgan fingerprint density at radius 1 is 1.40 bits per heavy atom. The summed E-state index contributed by atoms with van der Waals surface area (Å²) in [5.41, 5.74) is 7.00. The summed E-state index contributed by atoms with van der Waals surface area (Å²) in [6.07, 6.45) is -1.79. The monoisotopic (exact) mass is 350 g/mol. The summed E-state index contributed by atoms with van der Waals surface area (Å²) >= 11 is 3.38. The summed E-state index contributed by atoms with van der Waals surface area (Å²) in [7, 11) is 0. The average molecular weight is 351 g/mol. The van der Waals surface area contributed by atoms with Gasteiger partial charge >= 0.3 is 0 Å². The SMILES string of the molecule is CCC(N)C(c1cccc(Br)c1)N(CCO)CC(F)F. The van der Waals surface area contributed by atoms with Crippen molar-refractivity contribution in [3.8, 4) is 0 Å². The fourth-order valence-electron chi connectivity index (χ4n) is 2.29. The fourth-order valence-corrected chi connectivity index (χ4v) is 2.71. The number of hydrogen-bond acceptors (Lipinski definition) is 3. The first kappa shape index (κ1) is 17.5. The number of hydrogen-bond donors (Lipinski definition) is 2. The van der Waals surface area contributed by atoms with E-state index in [-0.39, 0.29) is 25.2 Å². The molecule has 0 saturated heterocycles. The molecule has 2 unspecified atom stereocenters. The molecule has 0 aliphatic rings. The van der Waals surface area contributed by atoms with E-state index >= 15 is 0 Å². The third kappa shape index (κ3) is 5.09. The molecule has 0 saturated carbocycles. The molecular weight excluding hydrogens is 330 g/mol. The molecule has 0 amide bonds. The lowest BCUT2D eigenvalue weighted by Gasteiger charge is -2.35. The zero-order valence-corrected chi connectivity index (χ0v) is 13.1. The first-order valence-corrected chi connectivity index (χ1v) is 7.43. The van der Waals surface area contributed by atoms with Gasteiger partial charge in [-0.25, -0.2) is 8.78 Å². The molecule has 0 fully saturated rings. The van der Waals surface area contributed by atoms with Crippen LogP contribution in [0.2, 0.25) is 0 Å². The van der Waals surface area contributed by atoms with Crippen LogP contribution in [-0.2, 0) is 0 Å². The number of nitrogens with zero attached hydrogens (tertiary/aromatic N) is 1. The Bertz CT molecular complexity index is 407. The second-order valence-electron chi connectivity index (χ2n) is 4.68. The zero-order chi connectivity index (χ0) is 15.1. The van der Waals surface area contributed by atoms with E-state index in [9.17, 15) is 8.78 Å². The number of benzene rings is 1. The minimum absolute atomic E-state index is 0.173. The van der Waals surface area contributed by atoms with Crippen LogP contribution in [0, 0.1) is 0 Å². The van der Waals surface area contributed by atoms with Gasteiger partial charge in [0.1, 0.15) is 0 Å². The highest BCUT2D eigenvalue weighted by Crippen LogP contribution is 2.27. The van der Waals surface area contributed by atoms with Gasteiger partial charge in [-0.15, -0.1) is 0 Å². The second kappa shape index (κ2) is 8.67. The number of halogens is 3. The highest BCUT2D eigenvalue weighted by molar-refractivity contribution is 9.10. The molecule has 0 aromatic heterocycles. The van der Waals surface area contributed by atoms with Gasteiger partial charge in [0.05, 0.1) is 19.2 Å². The van der Waals surface area contributed by atoms with Gasteiger partial charge in [0, 0.05) is 17.1 Å². The molecule has 0 spiro atoms. The third-order valence-electron chi connectivity index (χ3n) is 3.22. The first-order valence-electron chi connectivity index (χ1n) is 6.63. The van der Waals surface area contributed by atoms with E-state index in [4.69, 9.17) is 10.8 Å². The third-order valence-corrected chi connectivity index (χ3v) is 3.71. The summed E-state index contributed by atoms with van der Waals surface area (Å²) in [6.45, 7) is 1.53. The standard InChI is InChI=1S/C14H21BrF2N2O/c1-2-12(18)14(10-4-3-5-11(15)8-10)19(6-7-20)9-13(16)17/h3-5,8,12-14,20H,2,6-7,9,18H2,1H3. The van der Waals surface area contributed by atoms with Crippen molar-refractivity contribution in [2.24, 2.45) is 5.73 Å². The Balaban J connectivity index is 3.08. The maximum absolute atomic E-state index is 12.8. The van der Waals surface area contributed by atoms with Crippen LogP contribution in [0.15, 0.2) is 28.7 Å². The van der Waals surface area contributed by atoms with E-state index in [2.05, 4.69) is 15.9 Å². The van der Waals surface area contributed by atoms with Gasteiger partial charge in [-0.3, -0.25) is 4.90 Å². The number of rotatable bonds is 8. The molecule has 114 valence electrons. The van der Waals surface area contributed by atoms with Gasteiger partial charge in [0.2, 0.25) is 0 Å². The largest absolute Gasteiger partial charge is 0.395 e. The van der Waals surface area contributed by atoms with Crippen molar-refractivity contribution in [3.63, 3.8) is 0 Å². The molecule has 1 rings (SSSR count). The van der Waals surface area contributed by atoms with Crippen molar-refractivity contribution in [3.05, 3.63) is 34.3 Å². The molecule has 0 bridgehead atoms. The van der Waals surface area contributed by atoms with Crippen molar-refractivity contribution in [1.82, 2.24) is 4.90 Å². The van der Waals surface area contributed by atoms with Gasteiger partial charge in [-0.05, 0) is 24.1 Å². The summed E-state index contributed by atoms with van der Waals surface area (Å²) in [4.78, 5) is 1.56. The highest BCUT2D eigenvalue weighted by atomic mass is 79.9. The predicted octanol–water partition coefficient (Wildman–Crippen LogP) is 2.79. The highest BCUT2D eigenvalue weighted by Gasteiger charge is 2.27. The van der Waals surface area contributed by atoms with Gasteiger partial charge in [-0.1, -0.05) is 35.0 Å². The smallest absolute Gasteiger partial charge is 0.251 e. The Kier molecular flexibility index (Phi) is 7.58. The van der Waals surface area contributed by atoms with Crippen LogP contribution in [0.1, 0.15) is 24.9 Å². The van der Waals surface area contributed by atoms with Crippen LogP contribution in [0.4, 0.5) is 8.78 Å². The van der Waals surface area contributed by atoms with Crippen molar-refractivity contribution >= 4 is 15.9 Å². The Morgan fingerprint density at radius 2 is 2.10 bits per heavy atom. The maximum atomic E-state index is 12.8. The molecule has 3 N–H and O–H groups in total. The van der Waals surface area contributed by atoms with Crippen molar-refractivity contribution < 1.29 is 13.9 Å². The number of nitrogens with two attached hydrogens (primary N) is 1. The molecule has 20 heavy (non-hydrogen) atoms. The summed E-state index contributed by atoms with van der Waals surface area (Å²) in [5, 5.41) is 9.12. The van der Waals surface area contributed by atoms with E-state index in [0.29, 0.717) is 6.42 Å². The van der Waals surface area contributed by atoms with Crippen LogP contribution >= 0.6 is 15.9 Å². The number of aliphatic hydroxyl groups is 1. The molecular formula is C14H21BrF2N2O. The van der Waals surface area contributed by atoms with E-state index < -0.39 is 13.0 Å². The zero-order valence-electron chi connectivity index (χ0n) is 11.5. The van der Waals surface area contributed by atoms with Crippen LogP contribution in [0.5, 0.6) is 0 Å². The first-order chi connectivity index (χ1) is 9.49. The molecule has 0 aliphatic carbocycles. The molecule has 0 heterocycles. The Hall–Kier alpha value is -0.560. The van der Waals surface area contributed by atoms with Crippen LogP contribution in [0.25, 0.3) is 0 Å². The average Bonchev–Trinajstić information content (AvgIpc) is 2.38. The van der Waals surface area contributed by atoms with Gasteiger partial charge in [0.15, 0.2) is 0 Å². The molecule has 2 atom stereocenters. The van der Waals surface area contributed by atoms with Crippen LogP contribution < -0.4 is 5.73 Å². The van der Waals surface area contributed by atoms with E-state index in [1.807, 2.05) is 31.2 Å². The number of aliphatic hydroxyl groups excluding tert-OH is 1. The molecule has 6 heteroatoms. The predicted molar refractivity (Wildman–Crippen MR) is 79.8 cm³/mol. The lowest BCUT2D eigenvalue weighted by molar-refractivity contribution is 0.0466. The lowest BCUT2D eigenvalue weighted by Crippen LogP contribution is -2.44. The minimum Gasteiger partial charge on any atom is -0.395 e. The molecule has 0 radical (unpaired) electrons. The topological polar surface area (TPSA) is 49.5 Å². The maximum Gasteiger partial charge on any atom is 0.251 e. The lowest BCUT2D eigenvalue weighted by atomic mass is 9.96. The van der Waals surface area contributed by atoms with Gasteiger partial charge < -0.3 is 10.8 Å². The minimum atomic E-state index is -2.46. The van der Waals surface area contributed by atoms with E-state index in [1.54, 1.807) is 4.90 Å². The number of alkyl halides is 2. The van der Waals surface area contributed by atoms with Crippen molar-refractivity contribution in [2.75, 3.05) is 19.7 Å². The van der Waals surface area contributed by atoms with Crippen LogP contribution in [-0.4, -0.2) is 42.2 Å². The summed E-state index contributed by atoms with van der Waals surface area (Å²) in [6, 6.07) is 6.89. The molecule has 3 nitrogen and oxygen atoms in total. The Morgan fingerprint density at radius 3 is 2.60 bits per heavy atom. The van der Waals surface area contributed by atoms with Crippen molar-refractivity contribution in [2.45, 2.75) is 31.9 Å². The Labute approximate surface area is 126 Å². The van der Waals surface area contributed by atoms with Gasteiger partial charge in [0.25, 0.3) is 6.43 Å². The summed E-state index contributed by atoms with van der Waals surface area (Å²) < 4.78 is 26.4. The fraction of sp³-hybridized carbons (Fsp3) is 0.571. The normalized spacial score (nSPS) is 14.8. The van der Waals surface area contributed by atoms with E-state index in [0.717, 1.165) is 10.0 Å². The molecule has 1 aromatic rings.